The summed E-state index contributed by atoms with van der Waals surface area (Å²) >= 11 is 0. The normalized spacial score (nSPS) is 11.7. The molecule has 0 radical (unpaired) electrons. The Hall–Kier alpha value is -1.76. The summed E-state index contributed by atoms with van der Waals surface area (Å²) in [7, 11) is 1.93. The summed E-state index contributed by atoms with van der Waals surface area (Å²) in [5.41, 5.74) is 3.54. The van der Waals surface area contributed by atoms with Crippen LogP contribution in [-0.4, -0.2) is 7.05 Å². The maximum absolute atomic E-state index is 3.67. The van der Waals surface area contributed by atoms with Gasteiger partial charge in [-0.25, -0.2) is 0 Å². The summed E-state index contributed by atoms with van der Waals surface area (Å²) in [6.45, 7) is 5.71. The second kappa shape index (κ2) is 5.86. The summed E-state index contributed by atoms with van der Waals surface area (Å²) in [5.74, 6) is 0. The third-order valence-corrected chi connectivity index (χ3v) is 2.23. The highest BCUT2D eigenvalue weighted by molar-refractivity contribution is 5.81. The number of rotatable bonds is 4. The lowest BCUT2D eigenvalue weighted by Crippen LogP contribution is -1.93. The molecule has 1 nitrogen and oxygen atoms in total. The van der Waals surface area contributed by atoms with Crippen molar-refractivity contribution in [1.29, 1.82) is 0 Å². The lowest BCUT2D eigenvalue weighted by Gasteiger charge is -2.09. The Kier molecular flexibility index (Phi) is 4.42. The number of hydrogen-bond acceptors (Lipinski definition) is 1. The highest BCUT2D eigenvalue weighted by Gasteiger charge is 2.01. The van der Waals surface area contributed by atoms with Crippen LogP contribution < -0.4 is 5.32 Å². The van der Waals surface area contributed by atoms with E-state index in [4.69, 9.17) is 0 Å². The molecule has 0 aliphatic heterocycles. The zero-order valence-corrected chi connectivity index (χ0v) is 9.33. The molecule has 0 amide bonds. The molecule has 0 saturated carbocycles. The molecule has 0 heterocycles. The van der Waals surface area contributed by atoms with Gasteiger partial charge in [0.05, 0.1) is 0 Å². The molecule has 0 saturated heterocycles. The van der Waals surface area contributed by atoms with Crippen molar-refractivity contribution in [3.63, 3.8) is 0 Å². The van der Waals surface area contributed by atoms with Crippen LogP contribution in [0.25, 0.3) is 5.57 Å². The number of nitrogens with one attached hydrogen (secondary N) is 1. The summed E-state index contributed by atoms with van der Waals surface area (Å²) in [5, 5.41) is 3.19. The molecule has 0 atom stereocenters. The average molecular weight is 199 g/mol. The number of benzene rings is 1. The van der Waals surface area contributed by atoms with Crippen molar-refractivity contribution in [2.75, 3.05) is 12.4 Å². The highest BCUT2D eigenvalue weighted by Crippen LogP contribution is 2.24. The highest BCUT2D eigenvalue weighted by atomic mass is 14.8. The fraction of sp³-hybridized carbons (Fsp3) is 0.143. The van der Waals surface area contributed by atoms with Crippen molar-refractivity contribution < 1.29 is 0 Å². The summed E-state index contributed by atoms with van der Waals surface area (Å²) in [4.78, 5) is 0. The molecule has 78 valence electrons. The monoisotopic (exact) mass is 199 g/mol. The van der Waals surface area contributed by atoms with Crippen LogP contribution in [0, 0.1) is 0 Å². The third kappa shape index (κ3) is 2.84. The first kappa shape index (κ1) is 11.3. The molecule has 1 heteroatoms. The first-order valence-corrected chi connectivity index (χ1v) is 5.06. The van der Waals surface area contributed by atoms with E-state index >= 15 is 0 Å². The van der Waals surface area contributed by atoms with Gasteiger partial charge in [-0.1, -0.05) is 49.1 Å². The van der Waals surface area contributed by atoms with Crippen molar-refractivity contribution in [2.45, 2.75) is 6.92 Å². The molecule has 1 rings (SSSR count). The summed E-state index contributed by atoms with van der Waals surface area (Å²) < 4.78 is 0. The molecular formula is C14H17N. The van der Waals surface area contributed by atoms with Crippen LogP contribution in [0.3, 0.4) is 0 Å². The van der Waals surface area contributed by atoms with Gasteiger partial charge in [0.1, 0.15) is 0 Å². The Morgan fingerprint density at radius 2 is 2.07 bits per heavy atom. The molecule has 0 aliphatic rings. The van der Waals surface area contributed by atoms with Gasteiger partial charge in [-0.15, -0.1) is 0 Å². The molecule has 0 spiro atoms. The second-order valence-electron chi connectivity index (χ2n) is 3.13. The van der Waals surface area contributed by atoms with Crippen LogP contribution in [-0.2, 0) is 0 Å². The van der Waals surface area contributed by atoms with Crippen molar-refractivity contribution in [3.8, 4) is 0 Å². The molecule has 0 aromatic heterocycles. The van der Waals surface area contributed by atoms with E-state index < -0.39 is 0 Å². The second-order valence-corrected chi connectivity index (χ2v) is 3.13. The molecule has 0 unspecified atom stereocenters. The molecular weight excluding hydrogens is 182 g/mol. The Bertz CT molecular complexity index is 386. The molecule has 1 N–H and O–H groups in total. The molecule has 0 bridgehead atoms. The number of para-hydroxylation sites is 1. The first-order valence-electron chi connectivity index (χ1n) is 5.06. The van der Waals surface area contributed by atoms with Crippen molar-refractivity contribution in [1.82, 2.24) is 0 Å². The lowest BCUT2D eigenvalue weighted by atomic mass is 10.0. The van der Waals surface area contributed by atoms with Gasteiger partial charge in [-0.05, 0) is 18.6 Å². The Morgan fingerprint density at radius 3 is 2.67 bits per heavy atom. The minimum atomic E-state index is 1.14. The van der Waals surface area contributed by atoms with Crippen molar-refractivity contribution in [3.05, 3.63) is 60.7 Å². The Labute approximate surface area is 91.8 Å². The molecule has 1 aromatic carbocycles. The van der Waals surface area contributed by atoms with E-state index in [1.165, 1.54) is 11.1 Å². The smallest absolute Gasteiger partial charge is 0.0417 e. The topological polar surface area (TPSA) is 12.0 Å². The van der Waals surface area contributed by atoms with Crippen LogP contribution in [0.4, 0.5) is 5.69 Å². The van der Waals surface area contributed by atoms with E-state index in [-0.39, 0.29) is 0 Å². The maximum Gasteiger partial charge on any atom is 0.0417 e. The molecule has 1 aromatic rings. The largest absolute Gasteiger partial charge is 0.388 e. The fourth-order valence-corrected chi connectivity index (χ4v) is 1.47. The van der Waals surface area contributed by atoms with Gasteiger partial charge >= 0.3 is 0 Å². The molecule has 0 fully saturated rings. The minimum Gasteiger partial charge on any atom is -0.388 e. The van der Waals surface area contributed by atoms with E-state index in [0.29, 0.717) is 0 Å². The van der Waals surface area contributed by atoms with Gasteiger partial charge in [0, 0.05) is 18.3 Å². The van der Waals surface area contributed by atoms with E-state index in [9.17, 15) is 0 Å². The van der Waals surface area contributed by atoms with Crippen LogP contribution in [0.15, 0.2) is 55.1 Å². The quantitative estimate of drug-likeness (QED) is 0.726. The van der Waals surface area contributed by atoms with Crippen LogP contribution in [0.5, 0.6) is 0 Å². The van der Waals surface area contributed by atoms with Gasteiger partial charge in [0.25, 0.3) is 0 Å². The first-order chi connectivity index (χ1) is 7.33. The van der Waals surface area contributed by atoms with Crippen LogP contribution >= 0.6 is 0 Å². The third-order valence-electron chi connectivity index (χ3n) is 2.23. The van der Waals surface area contributed by atoms with Crippen molar-refractivity contribution >= 4 is 11.3 Å². The Morgan fingerprint density at radius 1 is 1.33 bits per heavy atom. The average Bonchev–Trinajstić information content (AvgIpc) is 2.30. The predicted octanol–water partition coefficient (Wildman–Crippen LogP) is 3.87. The van der Waals surface area contributed by atoms with Gasteiger partial charge in [0.15, 0.2) is 0 Å². The van der Waals surface area contributed by atoms with Gasteiger partial charge in [-0.2, -0.15) is 0 Å². The van der Waals surface area contributed by atoms with E-state index in [2.05, 4.69) is 36.2 Å². The van der Waals surface area contributed by atoms with E-state index in [0.717, 1.165) is 5.69 Å². The number of hydrogen-bond donors (Lipinski definition) is 1. The van der Waals surface area contributed by atoms with Crippen LogP contribution in [0.2, 0.25) is 0 Å². The fourth-order valence-electron chi connectivity index (χ4n) is 1.47. The number of allylic oxidation sites excluding steroid dienone is 5. The Balaban J connectivity index is 3.12. The zero-order chi connectivity index (χ0) is 11.1. The van der Waals surface area contributed by atoms with E-state index in [1.807, 2.05) is 32.2 Å². The SMILES string of the molecule is C=C/C=C\C(=C/C)c1ccccc1NC. The predicted molar refractivity (Wildman–Crippen MR) is 69.0 cm³/mol. The van der Waals surface area contributed by atoms with Gasteiger partial charge in [-0.3, -0.25) is 0 Å². The standard InChI is InChI=1S/C14H17N/c1-4-6-9-12(5-2)13-10-7-8-11-14(13)15-3/h4-11,15H,1H2,2-3H3/b9-6-,12-5+. The molecule has 15 heavy (non-hydrogen) atoms. The van der Waals surface area contributed by atoms with Crippen molar-refractivity contribution in [2.24, 2.45) is 0 Å². The summed E-state index contributed by atoms with van der Waals surface area (Å²) in [6, 6.07) is 8.25. The van der Waals surface area contributed by atoms with Crippen LogP contribution in [0.1, 0.15) is 12.5 Å². The summed E-state index contributed by atoms with van der Waals surface area (Å²) in [6.07, 6.45) is 7.88. The number of anilines is 1. The van der Waals surface area contributed by atoms with E-state index in [1.54, 1.807) is 6.08 Å². The molecule has 0 aliphatic carbocycles. The van der Waals surface area contributed by atoms with Gasteiger partial charge in [0.2, 0.25) is 0 Å². The lowest BCUT2D eigenvalue weighted by molar-refractivity contribution is 1.48. The maximum atomic E-state index is 3.67. The van der Waals surface area contributed by atoms with Gasteiger partial charge < -0.3 is 5.32 Å². The minimum absolute atomic E-state index is 1.14. The zero-order valence-electron chi connectivity index (χ0n) is 9.33.